The van der Waals surface area contributed by atoms with Gasteiger partial charge in [0, 0.05) is 15.6 Å². The smallest absolute Gasteiger partial charge is 0.320 e. The van der Waals surface area contributed by atoms with Crippen LogP contribution in [0.4, 0.5) is 64.1 Å². The SMILES string of the molecule is O=C(Nc1c(Br)cc(C(F)(C(F)(F)F)C(F)(F)C(F)(F)F)cc1C(F)F)c1cccc(NO)c1F. The topological polar surface area (TPSA) is 61.4 Å². The number of benzene rings is 2. The lowest BCUT2D eigenvalue weighted by atomic mass is 9.86. The second kappa shape index (κ2) is 9.40. The average Bonchev–Trinajstić information content (AvgIpc) is 2.72. The van der Waals surface area contributed by atoms with Crippen LogP contribution in [0, 0.1) is 5.82 Å². The molecule has 0 aliphatic carbocycles. The summed E-state index contributed by atoms with van der Waals surface area (Å²) in [5.41, 5.74) is -12.3. The Morgan fingerprint density at radius 3 is 1.97 bits per heavy atom. The third-order valence-electron chi connectivity index (χ3n) is 4.54. The number of anilines is 2. The summed E-state index contributed by atoms with van der Waals surface area (Å²) in [6.07, 6.45) is -18.0. The van der Waals surface area contributed by atoms with Crippen LogP contribution in [-0.4, -0.2) is 29.4 Å². The van der Waals surface area contributed by atoms with Gasteiger partial charge in [0.2, 0.25) is 0 Å². The summed E-state index contributed by atoms with van der Waals surface area (Å²) in [5, 5.41) is 10.4. The van der Waals surface area contributed by atoms with Gasteiger partial charge in [0.25, 0.3) is 12.3 Å². The third-order valence-corrected chi connectivity index (χ3v) is 5.16. The Bertz CT molecular complexity index is 1120. The van der Waals surface area contributed by atoms with Crippen LogP contribution in [0.25, 0.3) is 0 Å². The Labute approximate surface area is 195 Å². The van der Waals surface area contributed by atoms with Crippen LogP contribution in [0.15, 0.2) is 34.8 Å². The quantitative estimate of drug-likeness (QED) is 0.240. The maximum absolute atomic E-state index is 14.7. The number of alkyl halides is 11. The lowest BCUT2D eigenvalue weighted by Crippen LogP contribution is -2.59. The molecule has 2 aromatic rings. The van der Waals surface area contributed by atoms with Gasteiger partial charge in [-0.25, -0.2) is 17.6 Å². The molecule has 0 spiro atoms. The van der Waals surface area contributed by atoms with Crippen molar-refractivity contribution < 1.29 is 62.7 Å². The summed E-state index contributed by atoms with van der Waals surface area (Å²) >= 11 is 2.34. The van der Waals surface area contributed by atoms with Crippen molar-refractivity contribution in [3.63, 3.8) is 0 Å². The summed E-state index contributed by atoms with van der Waals surface area (Å²) in [5.74, 6) is -10.1. The van der Waals surface area contributed by atoms with Gasteiger partial charge in [0.05, 0.1) is 16.9 Å². The molecule has 0 heterocycles. The van der Waals surface area contributed by atoms with Crippen molar-refractivity contribution in [2.45, 2.75) is 30.4 Å². The Hall–Kier alpha value is -2.69. The number of carbonyl (C=O) groups is 1. The van der Waals surface area contributed by atoms with Crippen LogP contribution in [0.5, 0.6) is 0 Å². The van der Waals surface area contributed by atoms with Crippen LogP contribution in [-0.2, 0) is 5.67 Å². The van der Waals surface area contributed by atoms with Crippen LogP contribution in [0.2, 0.25) is 0 Å². The Morgan fingerprint density at radius 1 is 0.943 bits per heavy atom. The average molecular weight is 593 g/mol. The summed E-state index contributed by atoms with van der Waals surface area (Å²) < 4.78 is 160. The maximum atomic E-state index is 14.7. The standard InChI is InChI=1S/C18H9BrF12N2O2/c19-9-5-6(15(23,17(26,27)28)16(24,25)18(29,30)31)4-8(13(21)22)12(9)32-14(34)7-2-1-3-10(33-35)11(7)20/h1-5,13,33,35H,(H,32,34). The predicted octanol–water partition coefficient (Wildman–Crippen LogP) is 7.50. The number of halogens is 13. The molecule has 0 bridgehead atoms. The lowest BCUT2D eigenvalue weighted by Gasteiger charge is -2.36. The molecule has 3 N–H and O–H groups in total. The van der Waals surface area contributed by atoms with Gasteiger partial charge >= 0.3 is 23.9 Å². The normalized spacial score (nSPS) is 14.6. The fourth-order valence-corrected chi connectivity index (χ4v) is 3.40. The van der Waals surface area contributed by atoms with E-state index in [2.05, 4.69) is 15.9 Å². The first-order valence-electron chi connectivity index (χ1n) is 8.63. The van der Waals surface area contributed by atoms with Gasteiger partial charge in [-0.05, 0) is 40.2 Å². The molecule has 2 aromatic carbocycles. The number of hydrogen-bond acceptors (Lipinski definition) is 3. The second-order valence-electron chi connectivity index (χ2n) is 6.68. The van der Waals surface area contributed by atoms with E-state index < -0.39 is 80.7 Å². The van der Waals surface area contributed by atoms with Crippen molar-refractivity contribution in [2.24, 2.45) is 0 Å². The largest absolute Gasteiger partial charge is 0.457 e. The van der Waals surface area contributed by atoms with Crippen molar-refractivity contribution in [1.82, 2.24) is 0 Å². The summed E-state index contributed by atoms with van der Waals surface area (Å²) in [6.45, 7) is 0. The monoisotopic (exact) mass is 592 g/mol. The van der Waals surface area contributed by atoms with Crippen molar-refractivity contribution in [2.75, 3.05) is 10.8 Å². The zero-order valence-electron chi connectivity index (χ0n) is 16.2. The molecule has 0 aromatic heterocycles. The van der Waals surface area contributed by atoms with E-state index in [4.69, 9.17) is 5.21 Å². The van der Waals surface area contributed by atoms with E-state index in [1.165, 1.54) is 5.48 Å². The molecule has 0 saturated heterocycles. The molecule has 0 saturated carbocycles. The Morgan fingerprint density at radius 2 is 1.51 bits per heavy atom. The molecule has 0 fully saturated rings. The first-order valence-corrected chi connectivity index (χ1v) is 9.42. The van der Waals surface area contributed by atoms with Crippen molar-refractivity contribution in [3.8, 4) is 0 Å². The molecular formula is C18H9BrF12N2O2. The molecular weight excluding hydrogens is 584 g/mol. The van der Waals surface area contributed by atoms with E-state index in [1.54, 1.807) is 5.32 Å². The first kappa shape index (κ1) is 28.5. The molecule has 17 heteroatoms. The zero-order chi connectivity index (χ0) is 27.1. The van der Waals surface area contributed by atoms with Gasteiger partial charge in [-0.1, -0.05) is 6.07 Å². The van der Waals surface area contributed by atoms with Crippen molar-refractivity contribution in [1.29, 1.82) is 0 Å². The minimum absolute atomic E-state index is 0.309. The van der Waals surface area contributed by atoms with E-state index in [9.17, 15) is 57.5 Å². The molecule has 1 amide bonds. The molecule has 0 radical (unpaired) electrons. The van der Waals surface area contributed by atoms with E-state index in [1.807, 2.05) is 0 Å². The van der Waals surface area contributed by atoms with Crippen molar-refractivity contribution >= 4 is 33.2 Å². The van der Waals surface area contributed by atoms with Gasteiger partial charge in [-0.15, -0.1) is 0 Å². The molecule has 1 atom stereocenters. The van der Waals surface area contributed by atoms with Gasteiger partial charge in [0.15, 0.2) is 5.82 Å². The zero-order valence-corrected chi connectivity index (χ0v) is 17.8. The molecule has 0 aliphatic heterocycles. The minimum atomic E-state index is -7.12. The number of rotatable bonds is 6. The van der Waals surface area contributed by atoms with E-state index in [-0.39, 0.29) is 6.07 Å². The summed E-state index contributed by atoms with van der Waals surface area (Å²) in [6, 6.07) is 1.77. The maximum Gasteiger partial charge on any atom is 0.457 e. The predicted molar refractivity (Wildman–Crippen MR) is 98.7 cm³/mol. The number of amides is 1. The van der Waals surface area contributed by atoms with E-state index >= 15 is 0 Å². The molecule has 0 aliphatic rings. The third kappa shape index (κ3) is 4.87. The number of nitrogens with one attached hydrogen (secondary N) is 2. The van der Waals surface area contributed by atoms with Gasteiger partial charge in [0.1, 0.15) is 0 Å². The highest BCUT2D eigenvalue weighted by Gasteiger charge is 2.81. The van der Waals surface area contributed by atoms with E-state index in [0.29, 0.717) is 0 Å². The lowest BCUT2D eigenvalue weighted by molar-refractivity contribution is -0.389. The van der Waals surface area contributed by atoms with Gasteiger partial charge < -0.3 is 5.32 Å². The second-order valence-corrected chi connectivity index (χ2v) is 7.54. The van der Waals surface area contributed by atoms with Crippen LogP contribution in [0.1, 0.15) is 27.9 Å². The fourth-order valence-electron chi connectivity index (χ4n) is 2.82. The molecule has 2 rings (SSSR count). The summed E-state index contributed by atoms with van der Waals surface area (Å²) in [7, 11) is 0. The highest BCUT2D eigenvalue weighted by Crippen LogP contribution is 2.59. The summed E-state index contributed by atoms with van der Waals surface area (Å²) in [4.78, 5) is 12.3. The molecule has 1 unspecified atom stereocenters. The fraction of sp³-hybridized carbons (Fsp3) is 0.278. The van der Waals surface area contributed by atoms with Crippen LogP contribution in [0.3, 0.4) is 0 Å². The van der Waals surface area contributed by atoms with Crippen LogP contribution < -0.4 is 10.8 Å². The Balaban J connectivity index is 2.72. The Kier molecular flexibility index (Phi) is 7.67. The van der Waals surface area contributed by atoms with Crippen LogP contribution >= 0.6 is 15.9 Å². The van der Waals surface area contributed by atoms with E-state index in [0.717, 1.165) is 18.2 Å². The molecule has 4 nitrogen and oxygen atoms in total. The highest BCUT2D eigenvalue weighted by atomic mass is 79.9. The highest BCUT2D eigenvalue weighted by molar-refractivity contribution is 9.10. The first-order chi connectivity index (χ1) is 15.8. The number of carbonyl (C=O) groups excluding carboxylic acids is 1. The molecule has 35 heavy (non-hydrogen) atoms. The van der Waals surface area contributed by atoms with Crippen molar-refractivity contribution in [3.05, 3.63) is 57.3 Å². The minimum Gasteiger partial charge on any atom is -0.320 e. The number of hydrogen-bond donors (Lipinski definition) is 3. The van der Waals surface area contributed by atoms with Gasteiger partial charge in [-0.3, -0.25) is 15.5 Å². The molecule has 194 valence electrons. The van der Waals surface area contributed by atoms with Gasteiger partial charge in [-0.2, -0.15) is 35.1 Å².